The van der Waals surface area contributed by atoms with E-state index < -0.39 is 0 Å². The third-order valence-electron chi connectivity index (χ3n) is 3.16. The molecule has 0 spiro atoms. The average Bonchev–Trinajstić information content (AvgIpc) is 2.41. The Morgan fingerprint density at radius 1 is 1.47 bits per heavy atom. The van der Waals surface area contributed by atoms with Crippen molar-refractivity contribution >= 4 is 17.4 Å². The van der Waals surface area contributed by atoms with Crippen LogP contribution in [0.5, 0.6) is 0 Å². The molecule has 2 N–H and O–H groups in total. The molecule has 1 aliphatic rings. The molecular formula is C13H21N3S. The second kappa shape index (κ2) is 5.27. The van der Waals surface area contributed by atoms with E-state index in [0.717, 1.165) is 31.0 Å². The van der Waals surface area contributed by atoms with Crippen molar-refractivity contribution in [3.63, 3.8) is 0 Å². The molecule has 1 saturated heterocycles. The highest BCUT2D eigenvalue weighted by Gasteiger charge is 2.23. The summed E-state index contributed by atoms with van der Waals surface area (Å²) >= 11 is 2.07. The molecule has 3 nitrogen and oxygen atoms in total. The Morgan fingerprint density at radius 2 is 2.29 bits per heavy atom. The predicted molar refractivity (Wildman–Crippen MR) is 75.1 cm³/mol. The molecule has 0 unspecified atom stereocenters. The maximum atomic E-state index is 5.78. The van der Waals surface area contributed by atoms with Gasteiger partial charge in [0.1, 0.15) is 0 Å². The zero-order chi connectivity index (χ0) is 12.3. The quantitative estimate of drug-likeness (QED) is 0.876. The second-order valence-electron chi connectivity index (χ2n) is 5.21. The van der Waals surface area contributed by atoms with Crippen LogP contribution in [0.2, 0.25) is 0 Å². The van der Waals surface area contributed by atoms with Crippen molar-refractivity contribution in [2.45, 2.75) is 31.6 Å². The monoisotopic (exact) mass is 251 g/mol. The van der Waals surface area contributed by atoms with Crippen molar-refractivity contribution in [1.82, 2.24) is 9.88 Å². The van der Waals surface area contributed by atoms with Crippen molar-refractivity contribution < 1.29 is 0 Å². The van der Waals surface area contributed by atoms with E-state index in [4.69, 9.17) is 5.73 Å². The highest BCUT2D eigenvalue weighted by Crippen LogP contribution is 2.30. The number of hydrogen-bond acceptors (Lipinski definition) is 4. The van der Waals surface area contributed by atoms with Crippen LogP contribution in [0.1, 0.15) is 26.0 Å². The first-order valence-electron chi connectivity index (χ1n) is 6.12. The SMILES string of the molecule is CC1(C)CCN(Cc2cc(N)ccn2)CCS1. The zero-order valence-corrected chi connectivity index (χ0v) is 11.5. The lowest BCUT2D eigenvalue weighted by molar-refractivity contribution is 0.273. The molecule has 1 aromatic heterocycles. The van der Waals surface area contributed by atoms with Crippen molar-refractivity contribution in [2.75, 3.05) is 24.6 Å². The van der Waals surface area contributed by atoms with Gasteiger partial charge in [0.25, 0.3) is 0 Å². The van der Waals surface area contributed by atoms with Crippen LogP contribution in [0.4, 0.5) is 5.69 Å². The fourth-order valence-electron chi connectivity index (χ4n) is 2.03. The summed E-state index contributed by atoms with van der Waals surface area (Å²) in [6.45, 7) is 7.88. The lowest BCUT2D eigenvalue weighted by atomic mass is 10.1. The number of thioether (sulfide) groups is 1. The molecule has 0 bridgehead atoms. The lowest BCUT2D eigenvalue weighted by Crippen LogP contribution is -2.27. The fourth-order valence-corrected chi connectivity index (χ4v) is 3.17. The molecule has 0 aromatic carbocycles. The molecule has 0 aliphatic carbocycles. The van der Waals surface area contributed by atoms with Gasteiger partial charge in [0.15, 0.2) is 0 Å². The molecule has 1 fully saturated rings. The molecule has 2 rings (SSSR count). The van der Waals surface area contributed by atoms with Gasteiger partial charge in [-0.3, -0.25) is 9.88 Å². The molecule has 2 heterocycles. The van der Waals surface area contributed by atoms with Crippen molar-refractivity contribution in [1.29, 1.82) is 0 Å². The van der Waals surface area contributed by atoms with Crippen LogP contribution in [0, 0.1) is 0 Å². The Balaban J connectivity index is 1.95. The van der Waals surface area contributed by atoms with Crippen LogP contribution in [-0.4, -0.2) is 33.5 Å². The number of anilines is 1. The number of nitrogen functional groups attached to an aromatic ring is 1. The molecule has 0 atom stereocenters. The molecule has 0 radical (unpaired) electrons. The molecule has 4 heteroatoms. The van der Waals surface area contributed by atoms with Crippen molar-refractivity contribution in [3.05, 3.63) is 24.0 Å². The fraction of sp³-hybridized carbons (Fsp3) is 0.615. The smallest absolute Gasteiger partial charge is 0.0564 e. The standard InChI is InChI=1S/C13H21N3S/c1-13(2)4-6-16(7-8-17-13)10-12-9-11(14)3-5-15-12/h3,5,9H,4,6-8,10H2,1-2H3,(H2,14,15). The molecule has 1 aliphatic heterocycles. The summed E-state index contributed by atoms with van der Waals surface area (Å²) in [7, 11) is 0. The number of hydrogen-bond donors (Lipinski definition) is 1. The predicted octanol–water partition coefficient (Wildman–Crippen LogP) is 2.38. The van der Waals surface area contributed by atoms with E-state index in [9.17, 15) is 0 Å². The lowest BCUT2D eigenvalue weighted by Gasteiger charge is -2.22. The molecule has 17 heavy (non-hydrogen) atoms. The van der Waals surface area contributed by atoms with Gasteiger partial charge in [-0.25, -0.2) is 0 Å². The van der Waals surface area contributed by atoms with E-state index in [1.807, 2.05) is 12.1 Å². The molecule has 0 saturated carbocycles. The summed E-state index contributed by atoms with van der Waals surface area (Å²) in [5.74, 6) is 1.20. The number of aromatic nitrogens is 1. The molecular weight excluding hydrogens is 230 g/mol. The van der Waals surface area contributed by atoms with E-state index in [1.54, 1.807) is 6.20 Å². The van der Waals surface area contributed by atoms with Crippen LogP contribution >= 0.6 is 11.8 Å². The maximum absolute atomic E-state index is 5.78. The van der Waals surface area contributed by atoms with Gasteiger partial charge in [0.2, 0.25) is 0 Å². The molecule has 0 amide bonds. The van der Waals surface area contributed by atoms with Crippen molar-refractivity contribution in [3.8, 4) is 0 Å². The van der Waals surface area contributed by atoms with E-state index in [2.05, 4.69) is 35.5 Å². The minimum Gasteiger partial charge on any atom is -0.399 e. The van der Waals surface area contributed by atoms with Gasteiger partial charge in [-0.2, -0.15) is 11.8 Å². The summed E-state index contributed by atoms with van der Waals surface area (Å²) in [6, 6.07) is 3.81. The third kappa shape index (κ3) is 3.89. The number of rotatable bonds is 2. The largest absolute Gasteiger partial charge is 0.399 e. The highest BCUT2D eigenvalue weighted by molar-refractivity contribution is 8.00. The van der Waals surface area contributed by atoms with Crippen LogP contribution < -0.4 is 5.73 Å². The summed E-state index contributed by atoms with van der Waals surface area (Å²) in [4.78, 5) is 6.85. The minimum absolute atomic E-state index is 0.415. The van der Waals surface area contributed by atoms with Gasteiger partial charge < -0.3 is 5.73 Å². The molecule has 1 aromatic rings. The second-order valence-corrected chi connectivity index (χ2v) is 7.02. The Bertz CT molecular complexity index is 379. The summed E-state index contributed by atoms with van der Waals surface area (Å²) < 4.78 is 0.415. The molecule has 94 valence electrons. The Morgan fingerprint density at radius 3 is 3.06 bits per heavy atom. The normalized spacial score (nSPS) is 21.1. The number of nitrogens with two attached hydrogens (primary N) is 1. The Hall–Kier alpha value is -0.740. The van der Waals surface area contributed by atoms with Gasteiger partial charge in [-0.15, -0.1) is 0 Å². The first-order valence-corrected chi connectivity index (χ1v) is 7.10. The number of nitrogens with zero attached hydrogens (tertiary/aromatic N) is 2. The first-order chi connectivity index (χ1) is 8.05. The van der Waals surface area contributed by atoms with Crippen LogP contribution in [0.15, 0.2) is 18.3 Å². The highest BCUT2D eigenvalue weighted by atomic mass is 32.2. The summed E-state index contributed by atoms with van der Waals surface area (Å²) in [5.41, 5.74) is 7.66. The van der Waals surface area contributed by atoms with Crippen LogP contribution in [0.3, 0.4) is 0 Å². The van der Waals surface area contributed by atoms with Gasteiger partial charge in [-0.1, -0.05) is 13.8 Å². The maximum Gasteiger partial charge on any atom is 0.0564 e. The van der Waals surface area contributed by atoms with Gasteiger partial charge >= 0.3 is 0 Å². The minimum atomic E-state index is 0.415. The van der Waals surface area contributed by atoms with Gasteiger partial charge in [0, 0.05) is 35.5 Å². The average molecular weight is 251 g/mol. The van der Waals surface area contributed by atoms with Crippen molar-refractivity contribution in [2.24, 2.45) is 0 Å². The summed E-state index contributed by atoms with van der Waals surface area (Å²) in [6.07, 6.45) is 3.03. The first kappa shape index (κ1) is 12.7. The van der Waals surface area contributed by atoms with E-state index in [0.29, 0.717) is 4.75 Å². The van der Waals surface area contributed by atoms with Crippen LogP contribution in [0.25, 0.3) is 0 Å². The van der Waals surface area contributed by atoms with Gasteiger partial charge in [-0.05, 0) is 25.1 Å². The van der Waals surface area contributed by atoms with E-state index in [1.165, 1.54) is 12.2 Å². The number of pyridine rings is 1. The van der Waals surface area contributed by atoms with Gasteiger partial charge in [0.05, 0.1) is 5.69 Å². The Kier molecular flexibility index (Phi) is 3.94. The topological polar surface area (TPSA) is 42.1 Å². The van der Waals surface area contributed by atoms with Crippen LogP contribution in [-0.2, 0) is 6.54 Å². The van der Waals surface area contributed by atoms with E-state index >= 15 is 0 Å². The summed E-state index contributed by atoms with van der Waals surface area (Å²) in [5, 5.41) is 0. The third-order valence-corrected chi connectivity index (χ3v) is 4.53. The zero-order valence-electron chi connectivity index (χ0n) is 10.6. The van der Waals surface area contributed by atoms with E-state index in [-0.39, 0.29) is 0 Å². The Labute approximate surface area is 108 Å².